The third kappa shape index (κ3) is 2.09. The average Bonchev–Trinajstić information content (AvgIpc) is 2.98. The van der Waals surface area contributed by atoms with E-state index in [0.717, 1.165) is 32.3 Å². The van der Waals surface area contributed by atoms with Crippen LogP contribution in [-0.4, -0.2) is 14.5 Å². The minimum atomic E-state index is -0.0410. The predicted octanol–water partition coefficient (Wildman–Crippen LogP) is 4.46. The van der Waals surface area contributed by atoms with E-state index >= 15 is 0 Å². The zero-order chi connectivity index (χ0) is 17.0. The highest BCUT2D eigenvalue weighted by Crippen LogP contribution is 2.32. The fourth-order valence-electron chi connectivity index (χ4n) is 3.21. The SMILES string of the molecule is Cc1nc2c(sc3nc4ccccc4cc32)c(=O)n1-c1ccccc1. The Morgan fingerprint density at radius 3 is 2.56 bits per heavy atom. The van der Waals surface area contributed by atoms with E-state index in [0.29, 0.717) is 10.5 Å². The summed E-state index contributed by atoms with van der Waals surface area (Å²) in [6.07, 6.45) is 0. The number of para-hydroxylation sites is 2. The van der Waals surface area contributed by atoms with Crippen LogP contribution in [0.2, 0.25) is 0 Å². The van der Waals surface area contributed by atoms with Gasteiger partial charge in [-0.05, 0) is 31.2 Å². The Hall–Kier alpha value is -3.05. The number of thiophene rings is 1. The molecule has 0 spiro atoms. The highest BCUT2D eigenvalue weighted by atomic mass is 32.1. The number of aromatic nitrogens is 3. The van der Waals surface area contributed by atoms with Crippen molar-refractivity contribution in [3.63, 3.8) is 0 Å². The maximum absolute atomic E-state index is 13.1. The number of rotatable bonds is 1. The Balaban J connectivity index is 1.92. The van der Waals surface area contributed by atoms with E-state index in [2.05, 4.69) is 6.07 Å². The number of benzene rings is 2. The molecule has 2 aromatic carbocycles. The van der Waals surface area contributed by atoms with Crippen LogP contribution >= 0.6 is 11.3 Å². The normalized spacial score (nSPS) is 11.6. The molecule has 0 N–H and O–H groups in total. The van der Waals surface area contributed by atoms with Crippen molar-refractivity contribution in [2.45, 2.75) is 6.92 Å². The summed E-state index contributed by atoms with van der Waals surface area (Å²) in [5.41, 5.74) is 2.46. The molecule has 4 nitrogen and oxygen atoms in total. The number of nitrogens with zero attached hydrogens (tertiary/aromatic N) is 3. The van der Waals surface area contributed by atoms with Gasteiger partial charge < -0.3 is 0 Å². The second-order valence-electron chi connectivity index (χ2n) is 5.95. The first-order valence-electron chi connectivity index (χ1n) is 7.99. The first-order chi connectivity index (χ1) is 12.2. The number of fused-ring (bicyclic) bond motifs is 4. The Labute approximate surface area is 147 Å². The van der Waals surface area contributed by atoms with E-state index in [1.54, 1.807) is 4.57 Å². The summed E-state index contributed by atoms with van der Waals surface area (Å²) in [4.78, 5) is 23.4. The smallest absolute Gasteiger partial charge is 0.267 e. The molecule has 0 aliphatic rings. The Bertz CT molecular complexity index is 1320. The molecule has 5 rings (SSSR count). The van der Waals surface area contributed by atoms with E-state index in [-0.39, 0.29) is 5.56 Å². The zero-order valence-corrected chi connectivity index (χ0v) is 14.2. The van der Waals surface area contributed by atoms with E-state index in [1.807, 2.05) is 61.5 Å². The summed E-state index contributed by atoms with van der Waals surface area (Å²) >= 11 is 1.41. The van der Waals surface area contributed by atoms with Crippen LogP contribution in [0.15, 0.2) is 65.5 Å². The maximum atomic E-state index is 13.1. The number of aryl methyl sites for hydroxylation is 1. The first kappa shape index (κ1) is 14.3. The van der Waals surface area contributed by atoms with Crippen LogP contribution < -0.4 is 5.56 Å². The molecule has 0 atom stereocenters. The van der Waals surface area contributed by atoms with Crippen molar-refractivity contribution >= 4 is 42.7 Å². The van der Waals surface area contributed by atoms with Crippen LogP contribution in [0.3, 0.4) is 0 Å². The van der Waals surface area contributed by atoms with Gasteiger partial charge in [0.15, 0.2) is 0 Å². The third-order valence-electron chi connectivity index (χ3n) is 4.37. The van der Waals surface area contributed by atoms with Gasteiger partial charge in [0.05, 0.1) is 16.7 Å². The van der Waals surface area contributed by atoms with Crippen LogP contribution in [0.4, 0.5) is 0 Å². The highest BCUT2D eigenvalue weighted by molar-refractivity contribution is 7.25. The zero-order valence-electron chi connectivity index (χ0n) is 13.4. The van der Waals surface area contributed by atoms with Crippen molar-refractivity contribution < 1.29 is 0 Å². The van der Waals surface area contributed by atoms with Crippen molar-refractivity contribution in [2.24, 2.45) is 0 Å². The Morgan fingerprint density at radius 2 is 1.72 bits per heavy atom. The summed E-state index contributed by atoms with van der Waals surface area (Å²) in [6.45, 7) is 1.87. The van der Waals surface area contributed by atoms with Crippen LogP contribution in [0.1, 0.15) is 5.82 Å². The highest BCUT2D eigenvalue weighted by Gasteiger charge is 2.16. The van der Waals surface area contributed by atoms with Crippen LogP contribution in [0.25, 0.3) is 37.0 Å². The average molecular weight is 343 g/mol. The lowest BCUT2D eigenvalue weighted by Gasteiger charge is -2.08. The second kappa shape index (κ2) is 5.22. The van der Waals surface area contributed by atoms with E-state index < -0.39 is 0 Å². The molecule has 3 heterocycles. The van der Waals surface area contributed by atoms with Crippen molar-refractivity contribution in [3.8, 4) is 5.69 Å². The topological polar surface area (TPSA) is 47.8 Å². The lowest BCUT2D eigenvalue weighted by Crippen LogP contribution is -2.21. The van der Waals surface area contributed by atoms with Gasteiger partial charge in [0.1, 0.15) is 15.4 Å². The van der Waals surface area contributed by atoms with Crippen LogP contribution in [0, 0.1) is 6.92 Å². The quantitative estimate of drug-likeness (QED) is 0.451. The molecule has 0 bridgehead atoms. The molecule has 0 aliphatic carbocycles. The van der Waals surface area contributed by atoms with Gasteiger partial charge in [0.2, 0.25) is 0 Å². The fourth-order valence-corrected chi connectivity index (χ4v) is 4.24. The molecular weight excluding hydrogens is 330 g/mol. The molecule has 0 aliphatic heterocycles. The van der Waals surface area contributed by atoms with E-state index in [9.17, 15) is 4.79 Å². The molecule has 5 heteroatoms. The van der Waals surface area contributed by atoms with Gasteiger partial charge in [-0.15, -0.1) is 11.3 Å². The molecule has 120 valence electrons. The number of pyridine rings is 1. The van der Waals surface area contributed by atoms with Gasteiger partial charge >= 0.3 is 0 Å². The van der Waals surface area contributed by atoms with Crippen molar-refractivity contribution in [1.82, 2.24) is 14.5 Å². The molecule has 0 unspecified atom stereocenters. The van der Waals surface area contributed by atoms with Gasteiger partial charge in [-0.1, -0.05) is 36.4 Å². The molecule has 25 heavy (non-hydrogen) atoms. The predicted molar refractivity (Wildman–Crippen MR) is 103 cm³/mol. The summed E-state index contributed by atoms with van der Waals surface area (Å²) in [5.74, 6) is 0.677. The van der Waals surface area contributed by atoms with Crippen LogP contribution in [0.5, 0.6) is 0 Å². The summed E-state index contributed by atoms with van der Waals surface area (Å²) < 4.78 is 2.31. The molecular formula is C20H13N3OS. The molecule has 0 saturated carbocycles. The van der Waals surface area contributed by atoms with Crippen molar-refractivity contribution in [2.75, 3.05) is 0 Å². The lowest BCUT2D eigenvalue weighted by molar-refractivity contribution is 0.898. The number of hydrogen-bond donors (Lipinski definition) is 0. The summed E-state index contributed by atoms with van der Waals surface area (Å²) in [6, 6.07) is 19.7. The van der Waals surface area contributed by atoms with Gasteiger partial charge in [-0.3, -0.25) is 9.36 Å². The minimum Gasteiger partial charge on any atom is -0.267 e. The first-order valence-corrected chi connectivity index (χ1v) is 8.81. The number of hydrogen-bond acceptors (Lipinski definition) is 4. The Morgan fingerprint density at radius 1 is 0.960 bits per heavy atom. The maximum Gasteiger partial charge on any atom is 0.276 e. The van der Waals surface area contributed by atoms with E-state index in [1.165, 1.54) is 11.3 Å². The Kier molecular flexibility index (Phi) is 2.99. The molecule has 0 saturated heterocycles. The van der Waals surface area contributed by atoms with Crippen molar-refractivity contribution in [1.29, 1.82) is 0 Å². The van der Waals surface area contributed by atoms with Gasteiger partial charge in [0, 0.05) is 10.8 Å². The van der Waals surface area contributed by atoms with Crippen LogP contribution in [-0.2, 0) is 0 Å². The summed E-state index contributed by atoms with van der Waals surface area (Å²) in [5, 5.41) is 2.00. The van der Waals surface area contributed by atoms with Gasteiger partial charge in [-0.25, -0.2) is 9.97 Å². The molecule has 0 fully saturated rings. The third-order valence-corrected chi connectivity index (χ3v) is 5.44. The summed E-state index contributed by atoms with van der Waals surface area (Å²) in [7, 11) is 0. The molecule has 0 radical (unpaired) electrons. The molecule has 3 aromatic heterocycles. The minimum absolute atomic E-state index is 0.0410. The molecule has 5 aromatic rings. The van der Waals surface area contributed by atoms with Gasteiger partial charge in [0.25, 0.3) is 5.56 Å². The second-order valence-corrected chi connectivity index (χ2v) is 6.95. The van der Waals surface area contributed by atoms with Crippen molar-refractivity contribution in [3.05, 3.63) is 76.8 Å². The monoisotopic (exact) mass is 343 g/mol. The van der Waals surface area contributed by atoms with E-state index in [4.69, 9.17) is 9.97 Å². The lowest BCUT2D eigenvalue weighted by atomic mass is 10.2. The largest absolute Gasteiger partial charge is 0.276 e. The van der Waals surface area contributed by atoms with Gasteiger partial charge in [-0.2, -0.15) is 0 Å². The molecule has 0 amide bonds. The standard InChI is InChI=1S/C20H13N3OS/c1-12-21-17-15-11-13-7-5-6-10-16(13)22-19(15)25-18(17)20(24)23(12)14-8-3-2-4-9-14/h2-11H,1H3. The fraction of sp³-hybridized carbons (Fsp3) is 0.0500.